The molecule has 4 atom stereocenters. The van der Waals surface area contributed by atoms with Crippen molar-refractivity contribution in [2.45, 2.75) is 63.7 Å². The van der Waals surface area contributed by atoms with Crippen molar-refractivity contribution in [1.82, 2.24) is 20.9 Å². The highest BCUT2D eigenvalue weighted by atomic mass is 16.4. The maximum atomic E-state index is 13.4. The average Bonchev–Trinajstić information content (AvgIpc) is 3.27. The van der Waals surface area contributed by atoms with Gasteiger partial charge in [-0.05, 0) is 30.4 Å². The molecule has 4 amide bonds. The molecule has 38 heavy (non-hydrogen) atoms. The molecule has 0 radical (unpaired) electrons. The molecule has 0 aliphatic heterocycles. The number of primary amides is 1. The summed E-state index contributed by atoms with van der Waals surface area (Å²) in [5.41, 5.74) is 12.3. The number of aromatic amines is 1. The molecule has 0 fully saturated rings. The number of rotatable bonds is 15. The number of para-hydroxylation sites is 1. The first-order chi connectivity index (χ1) is 17.9. The van der Waals surface area contributed by atoms with Crippen LogP contribution in [0.2, 0.25) is 0 Å². The number of H-pyrrole nitrogens is 1. The quantitative estimate of drug-likeness (QED) is 0.140. The van der Waals surface area contributed by atoms with Gasteiger partial charge in [-0.2, -0.15) is 0 Å². The highest BCUT2D eigenvalue weighted by Gasteiger charge is 2.31. The minimum Gasteiger partial charge on any atom is -0.480 e. The van der Waals surface area contributed by atoms with Gasteiger partial charge >= 0.3 is 5.97 Å². The van der Waals surface area contributed by atoms with Crippen molar-refractivity contribution < 1.29 is 34.2 Å². The van der Waals surface area contributed by atoms with Gasteiger partial charge in [-0.15, -0.1) is 0 Å². The Kier molecular flexibility index (Phi) is 11.2. The lowest BCUT2D eigenvalue weighted by Gasteiger charge is -2.25. The van der Waals surface area contributed by atoms with Crippen LogP contribution >= 0.6 is 0 Å². The molecule has 0 spiro atoms. The zero-order chi connectivity index (χ0) is 28.4. The number of nitrogens with one attached hydrogen (secondary N) is 4. The van der Waals surface area contributed by atoms with Gasteiger partial charge in [0.2, 0.25) is 23.6 Å². The Hall–Kier alpha value is -3.97. The van der Waals surface area contributed by atoms with E-state index in [4.69, 9.17) is 11.5 Å². The second-order valence-electron chi connectivity index (χ2n) is 9.51. The van der Waals surface area contributed by atoms with Crippen molar-refractivity contribution in [1.29, 1.82) is 0 Å². The van der Waals surface area contributed by atoms with Crippen LogP contribution in [-0.4, -0.2) is 75.6 Å². The number of aliphatic hydroxyl groups excluding tert-OH is 1. The first-order valence-electron chi connectivity index (χ1n) is 12.3. The number of carboxylic acid groups (broad SMARTS) is 1. The molecule has 0 saturated heterocycles. The molecule has 208 valence electrons. The van der Waals surface area contributed by atoms with Gasteiger partial charge in [0.05, 0.1) is 6.61 Å². The maximum absolute atomic E-state index is 13.4. The highest BCUT2D eigenvalue weighted by Crippen LogP contribution is 2.19. The molecular formula is C25H36N6O7. The van der Waals surface area contributed by atoms with Crippen molar-refractivity contribution in [2.24, 2.45) is 17.4 Å². The van der Waals surface area contributed by atoms with Crippen LogP contribution in [-0.2, 0) is 30.4 Å². The predicted octanol–water partition coefficient (Wildman–Crippen LogP) is -1.12. The summed E-state index contributed by atoms with van der Waals surface area (Å²) in [6, 6.07) is 2.31. The molecule has 0 bridgehead atoms. The monoisotopic (exact) mass is 532 g/mol. The third-order valence-electron chi connectivity index (χ3n) is 5.90. The third kappa shape index (κ3) is 8.85. The zero-order valence-electron chi connectivity index (χ0n) is 21.4. The third-order valence-corrected chi connectivity index (χ3v) is 5.90. The first kappa shape index (κ1) is 30.3. The van der Waals surface area contributed by atoms with E-state index in [0.717, 1.165) is 10.9 Å². The van der Waals surface area contributed by atoms with E-state index in [1.165, 1.54) is 0 Å². The van der Waals surface area contributed by atoms with E-state index in [1.54, 1.807) is 20.0 Å². The number of carboxylic acids is 1. The van der Waals surface area contributed by atoms with Crippen LogP contribution in [0.1, 0.15) is 38.7 Å². The van der Waals surface area contributed by atoms with Gasteiger partial charge in [0.1, 0.15) is 24.2 Å². The van der Waals surface area contributed by atoms with E-state index in [2.05, 4.69) is 20.9 Å². The van der Waals surface area contributed by atoms with Crippen LogP contribution < -0.4 is 27.4 Å². The van der Waals surface area contributed by atoms with Crippen LogP contribution in [0.5, 0.6) is 0 Å². The Labute approximate surface area is 219 Å². The Morgan fingerprint density at radius 2 is 1.55 bits per heavy atom. The van der Waals surface area contributed by atoms with Crippen LogP contribution in [0, 0.1) is 5.92 Å². The summed E-state index contributed by atoms with van der Waals surface area (Å²) < 4.78 is 0. The van der Waals surface area contributed by atoms with Crippen molar-refractivity contribution in [3.63, 3.8) is 0 Å². The molecule has 1 aromatic heterocycles. The summed E-state index contributed by atoms with van der Waals surface area (Å²) >= 11 is 0. The minimum absolute atomic E-state index is 0.00892. The molecule has 4 unspecified atom stereocenters. The summed E-state index contributed by atoms with van der Waals surface area (Å²) in [5, 5.41) is 27.0. The Morgan fingerprint density at radius 3 is 2.16 bits per heavy atom. The van der Waals surface area contributed by atoms with Gasteiger partial charge in [0, 0.05) is 29.9 Å². The molecule has 1 aromatic carbocycles. The largest absolute Gasteiger partial charge is 0.480 e. The normalized spacial score (nSPS) is 14.3. The number of hydrogen-bond donors (Lipinski definition) is 8. The van der Waals surface area contributed by atoms with Crippen molar-refractivity contribution >= 4 is 40.5 Å². The molecular weight excluding hydrogens is 496 g/mol. The predicted molar refractivity (Wildman–Crippen MR) is 138 cm³/mol. The van der Waals surface area contributed by atoms with E-state index in [1.807, 2.05) is 24.3 Å². The fourth-order valence-electron chi connectivity index (χ4n) is 3.88. The number of carbonyl (C=O) groups is 5. The topological polar surface area (TPSA) is 230 Å². The van der Waals surface area contributed by atoms with Gasteiger partial charge in [-0.25, -0.2) is 4.79 Å². The Balaban J connectivity index is 2.30. The van der Waals surface area contributed by atoms with Gasteiger partial charge in [0.15, 0.2) is 0 Å². The summed E-state index contributed by atoms with van der Waals surface area (Å²) in [6.07, 6.45) is 1.40. The van der Waals surface area contributed by atoms with Crippen molar-refractivity contribution in [3.05, 3.63) is 36.0 Å². The van der Waals surface area contributed by atoms with Crippen LogP contribution in [0.3, 0.4) is 0 Å². The number of aliphatic hydroxyl groups is 1. The molecule has 13 heteroatoms. The van der Waals surface area contributed by atoms with E-state index >= 15 is 0 Å². The Bertz CT molecular complexity index is 1150. The van der Waals surface area contributed by atoms with Crippen molar-refractivity contribution in [3.8, 4) is 0 Å². The van der Waals surface area contributed by atoms with Crippen LogP contribution in [0.4, 0.5) is 0 Å². The lowest BCUT2D eigenvalue weighted by Crippen LogP contribution is -2.58. The van der Waals surface area contributed by atoms with Gasteiger partial charge in [-0.1, -0.05) is 32.0 Å². The number of amides is 4. The summed E-state index contributed by atoms with van der Waals surface area (Å²) in [4.78, 5) is 64.9. The second kappa shape index (κ2) is 14.1. The van der Waals surface area contributed by atoms with Gasteiger partial charge in [-0.3, -0.25) is 19.2 Å². The fraction of sp³-hybridized carbons (Fsp3) is 0.480. The molecule has 2 aromatic rings. The number of benzene rings is 1. The van der Waals surface area contributed by atoms with E-state index in [9.17, 15) is 34.2 Å². The van der Waals surface area contributed by atoms with E-state index < -0.39 is 60.4 Å². The summed E-state index contributed by atoms with van der Waals surface area (Å²) in [7, 11) is 0. The molecule has 10 N–H and O–H groups in total. The van der Waals surface area contributed by atoms with Crippen molar-refractivity contribution in [2.75, 3.05) is 6.61 Å². The lowest BCUT2D eigenvalue weighted by molar-refractivity contribution is -0.143. The average molecular weight is 533 g/mol. The van der Waals surface area contributed by atoms with Crippen LogP contribution in [0.25, 0.3) is 10.9 Å². The number of aliphatic carboxylic acids is 1. The number of aromatic nitrogens is 1. The highest BCUT2D eigenvalue weighted by molar-refractivity contribution is 5.95. The fourth-order valence-corrected chi connectivity index (χ4v) is 3.88. The van der Waals surface area contributed by atoms with Gasteiger partial charge in [0.25, 0.3) is 0 Å². The minimum atomic E-state index is -1.31. The molecule has 1 heterocycles. The smallest absolute Gasteiger partial charge is 0.326 e. The lowest BCUT2D eigenvalue weighted by atomic mass is 10.0. The summed E-state index contributed by atoms with van der Waals surface area (Å²) in [5.74, 6) is -4.36. The molecule has 0 aliphatic rings. The molecule has 13 nitrogen and oxygen atoms in total. The molecule has 2 rings (SSSR count). The number of nitrogens with two attached hydrogens (primary N) is 2. The SMILES string of the molecule is CC(C)CC(NC(=O)C(CCC(N)=O)NC(=O)C(Cc1c[nH]c2ccccc12)NC(=O)C(N)CO)C(=O)O. The molecule has 0 saturated carbocycles. The summed E-state index contributed by atoms with van der Waals surface area (Å²) in [6.45, 7) is 2.94. The first-order valence-corrected chi connectivity index (χ1v) is 12.3. The van der Waals surface area contributed by atoms with E-state index in [0.29, 0.717) is 5.56 Å². The maximum Gasteiger partial charge on any atom is 0.326 e. The second-order valence-corrected chi connectivity index (χ2v) is 9.51. The van der Waals surface area contributed by atoms with E-state index in [-0.39, 0.29) is 31.6 Å². The Morgan fingerprint density at radius 1 is 0.947 bits per heavy atom. The number of carbonyl (C=O) groups excluding carboxylic acids is 4. The molecule has 0 aliphatic carbocycles. The number of hydrogen-bond acceptors (Lipinski definition) is 7. The zero-order valence-corrected chi connectivity index (χ0v) is 21.4. The van der Waals surface area contributed by atoms with Crippen LogP contribution in [0.15, 0.2) is 30.5 Å². The van der Waals surface area contributed by atoms with Gasteiger partial charge < -0.3 is 42.6 Å². The number of fused-ring (bicyclic) bond motifs is 1. The standard InChI is InChI=1S/C25H36N6O7/c1-13(2)9-20(25(37)38)31-23(35)18(7-8-21(27)33)29-24(36)19(30-22(34)16(26)12-32)10-14-11-28-17-6-4-3-5-15(14)17/h3-6,11,13,16,18-20,28,32H,7-10,12,26H2,1-2H3,(H2,27,33)(H,29,36)(H,30,34)(H,31,35)(H,37,38).